The highest BCUT2D eigenvalue weighted by atomic mass is 32.1. The number of hydrogen-bond acceptors (Lipinski definition) is 5. The van der Waals surface area contributed by atoms with Crippen molar-refractivity contribution in [2.24, 2.45) is 7.05 Å². The SMILES string of the molecule is Cn1ncc2c(-c3cccc4nsnc34)ccnc21. The zero-order chi connectivity index (χ0) is 12.8. The molecule has 19 heavy (non-hydrogen) atoms. The van der Waals surface area contributed by atoms with Gasteiger partial charge in [-0.05, 0) is 17.7 Å². The molecule has 5 nitrogen and oxygen atoms in total. The second kappa shape index (κ2) is 3.83. The van der Waals surface area contributed by atoms with Crippen molar-refractivity contribution >= 4 is 33.8 Å². The lowest BCUT2D eigenvalue weighted by Crippen LogP contribution is -1.91. The van der Waals surface area contributed by atoms with Crippen LogP contribution >= 0.6 is 11.7 Å². The summed E-state index contributed by atoms with van der Waals surface area (Å²) in [5.74, 6) is 0. The van der Waals surface area contributed by atoms with Gasteiger partial charge in [0.2, 0.25) is 0 Å². The molecule has 1 aromatic carbocycles. The molecular formula is C13H9N5S. The molecular weight excluding hydrogens is 258 g/mol. The summed E-state index contributed by atoms with van der Waals surface area (Å²) < 4.78 is 10.5. The average molecular weight is 267 g/mol. The van der Waals surface area contributed by atoms with Crippen LogP contribution in [0, 0.1) is 0 Å². The molecule has 0 spiro atoms. The molecule has 0 saturated carbocycles. The molecule has 0 aliphatic rings. The summed E-state index contributed by atoms with van der Waals surface area (Å²) in [5.41, 5.74) is 4.90. The van der Waals surface area contributed by atoms with Gasteiger partial charge in [-0.25, -0.2) is 4.98 Å². The van der Waals surface area contributed by atoms with E-state index in [1.807, 2.05) is 31.4 Å². The lowest BCUT2D eigenvalue weighted by molar-refractivity contribution is 0.786. The summed E-state index contributed by atoms with van der Waals surface area (Å²) in [5, 5.41) is 5.30. The van der Waals surface area contributed by atoms with Crippen molar-refractivity contribution in [2.45, 2.75) is 0 Å². The molecule has 3 heterocycles. The smallest absolute Gasteiger partial charge is 0.158 e. The predicted octanol–water partition coefficient (Wildman–Crippen LogP) is 2.64. The molecule has 0 aliphatic carbocycles. The van der Waals surface area contributed by atoms with Crippen LogP contribution in [-0.4, -0.2) is 23.5 Å². The van der Waals surface area contributed by atoms with Crippen LogP contribution in [0.5, 0.6) is 0 Å². The van der Waals surface area contributed by atoms with E-state index in [4.69, 9.17) is 0 Å². The summed E-state index contributed by atoms with van der Waals surface area (Å²) in [6, 6.07) is 8.04. The van der Waals surface area contributed by atoms with E-state index in [-0.39, 0.29) is 0 Å². The van der Waals surface area contributed by atoms with Crippen molar-refractivity contribution in [2.75, 3.05) is 0 Å². The molecule has 0 bridgehead atoms. The molecule has 6 heteroatoms. The first-order chi connectivity index (χ1) is 9.34. The van der Waals surface area contributed by atoms with Crippen LogP contribution in [0.15, 0.2) is 36.7 Å². The zero-order valence-corrected chi connectivity index (χ0v) is 10.9. The first-order valence-electron chi connectivity index (χ1n) is 5.83. The van der Waals surface area contributed by atoms with Gasteiger partial charge in [0.25, 0.3) is 0 Å². The molecule has 4 aromatic rings. The van der Waals surface area contributed by atoms with E-state index >= 15 is 0 Å². The molecule has 4 rings (SSSR count). The van der Waals surface area contributed by atoms with Crippen molar-refractivity contribution < 1.29 is 0 Å². The highest BCUT2D eigenvalue weighted by Gasteiger charge is 2.12. The van der Waals surface area contributed by atoms with E-state index in [1.54, 1.807) is 10.9 Å². The first-order valence-corrected chi connectivity index (χ1v) is 6.56. The molecule has 0 aliphatic heterocycles. The fraction of sp³-hybridized carbons (Fsp3) is 0.0769. The number of benzene rings is 1. The Morgan fingerprint density at radius 1 is 1.11 bits per heavy atom. The van der Waals surface area contributed by atoms with Gasteiger partial charge in [-0.3, -0.25) is 4.68 Å². The van der Waals surface area contributed by atoms with Gasteiger partial charge < -0.3 is 0 Å². The normalized spacial score (nSPS) is 11.4. The van der Waals surface area contributed by atoms with E-state index in [2.05, 4.69) is 24.9 Å². The highest BCUT2D eigenvalue weighted by Crippen LogP contribution is 2.31. The van der Waals surface area contributed by atoms with Crippen LogP contribution in [0.3, 0.4) is 0 Å². The quantitative estimate of drug-likeness (QED) is 0.532. The van der Waals surface area contributed by atoms with Crippen LogP contribution in [0.1, 0.15) is 0 Å². The van der Waals surface area contributed by atoms with Crippen molar-refractivity contribution in [3.05, 3.63) is 36.7 Å². The maximum atomic E-state index is 4.39. The van der Waals surface area contributed by atoms with E-state index in [1.165, 1.54) is 11.7 Å². The molecule has 0 amide bonds. The van der Waals surface area contributed by atoms with Gasteiger partial charge >= 0.3 is 0 Å². The highest BCUT2D eigenvalue weighted by molar-refractivity contribution is 7.00. The maximum Gasteiger partial charge on any atom is 0.158 e. The van der Waals surface area contributed by atoms with Gasteiger partial charge in [0, 0.05) is 24.2 Å². The molecule has 0 atom stereocenters. The second-order valence-electron chi connectivity index (χ2n) is 4.30. The number of aryl methyl sites for hydroxylation is 1. The van der Waals surface area contributed by atoms with Crippen LogP contribution in [0.25, 0.3) is 33.2 Å². The average Bonchev–Trinajstić information content (AvgIpc) is 3.05. The monoisotopic (exact) mass is 267 g/mol. The summed E-state index contributed by atoms with van der Waals surface area (Å²) >= 11 is 1.24. The molecule has 0 fully saturated rings. The Labute approximate surface area is 112 Å². The third kappa shape index (κ3) is 1.47. The van der Waals surface area contributed by atoms with Crippen molar-refractivity contribution in [3.8, 4) is 11.1 Å². The minimum atomic E-state index is 0.873. The Hall–Kier alpha value is -2.34. The van der Waals surface area contributed by atoms with E-state index in [0.717, 1.165) is 33.2 Å². The maximum absolute atomic E-state index is 4.39. The topological polar surface area (TPSA) is 56.5 Å². The van der Waals surface area contributed by atoms with Crippen molar-refractivity contribution in [3.63, 3.8) is 0 Å². The van der Waals surface area contributed by atoms with E-state index < -0.39 is 0 Å². The van der Waals surface area contributed by atoms with Gasteiger partial charge in [-0.15, -0.1) is 0 Å². The van der Waals surface area contributed by atoms with Crippen LogP contribution in [0.4, 0.5) is 0 Å². The van der Waals surface area contributed by atoms with Gasteiger partial charge in [-0.2, -0.15) is 13.8 Å². The Kier molecular flexibility index (Phi) is 2.13. The van der Waals surface area contributed by atoms with E-state index in [0.29, 0.717) is 0 Å². The van der Waals surface area contributed by atoms with Crippen molar-refractivity contribution in [1.82, 2.24) is 23.5 Å². The Balaban J connectivity index is 2.12. The third-order valence-corrected chi connectivity index (χ3v) is 3.75. The molecule has 0 saturated heterocycles. The fourth-order valence-corrected chi connectivity index (χ4v) is 2.85. The standard InChI is InChI=1S/C13H9N5S/c1-18-13-10(7-15-18)8(5-6-14-13)9-3-2-4-11-12(9)17-19-16-11/h2-7H,1H3. The Morgan fingerprint density at radius 3 is 3.00 bits per heavy atom. The number of rotatable bonds is 1. The van der Waals surface area contributed by atoms with Gasteiger partial charge in [0.05, 0.1) is 17.9 Å². The molecule has 0 unspecified atom stereocenters. The molecule has 3 aromatic heterocycles. The molecule has 92 valence electrons. The predicted molar refractivity (Wildman–Crippen MR) is 74.9 cm³/mol. The van der Waals surface area contributed by atoms with Gasteiger partial charge in [0.15, 0.2) is 5.65 Å². The number of fused-ring (bicyclic) bond motifs is 2. The zero-order valence-electron chi connectivity index (χ0n) is 10.1. The first kappa shape index (κ1) is 10.6. The number of hydrogen-bond donors (Lipinski definition) is 0. The van der Waals surface area contributed by atoms with Crippen LogP contribution < -0.4 is 0 Å². The Morgan fingerprint density at radius 2 is 2.05 bits per heavy atom. The lowest BCUT2D eigenvalue weighted by atomic mass is 10.0. The number of nitrogens with zero attached hydrogens (tertiary/aromatic N) is 5. The van der Waals surface area contributed by atoms with E-state index in [9.17, 15) is 0 Å². The summed E-state index contributed by atoms with van der Waals surface area (Å²) in [6.45, 7) is 0. The van der Waals surface area contributed by atoms with Crippen LogP contribution in [0.2, 0.25) is 0 Å². The fourth-order valence-electron chi connectivity index (χ4n) is 2.30. The van der Waals surface area contributed by atoms with Crippen molar-refractivity contribution in [1.29, 1.82) is 0 Å². The van der Waals surface area contributed by atoms with Gasteiger partial charge in [0.1, 0.15) is 11.0 Å². The molecule has 0 radical (unpaired) electrons. The third-order valence-electron chi connectivity index (χ3n) is 3.21. The lowest BCUT2D eigenvalue weighted by Gasteiger charge is -2.03. The number of aromatic nitrogens is 5. The minimum Gasteiger partial charge on any atom is -0.250 e. The molecule has 0 N–H and O–H groups in total. The van der Waals surface area contributed by atoms with Gasteiger partial charge in [-0.1, -0.05) is 12.1 Å². The summed E-state index contributed by atoms with van der Waals surface area (Å²) in [7, 11) is 1.89. The summed E-state index contributed by atoms with van der Waals surface area (Å²) in [4.78, 5) is 4.36. The summed E-state index contributed by atoms with van der Waals surface area (Å²) in [6.07, 6.45) is 3.65. The Bertz CT molecular complexity index is 892. The largest absolute Gasteiger partial charge is 0.250 e. The minimum absolute atomic E-state index is 0.873. The number of pyridine rings is 1. The van der Waals surface area contributed by atoms with Crippen LogP contribution in [-0.2, 0) is 7.05 Å². The second-order valence-corrected chi connectivity index (χ2v) is 4.83.